The molecule has 0 heterocycles. The number of benzene rings is 2. The number of hydrogen-bond donors (Lipinski definition) is 0. The molecule has 0 unspecified atom stereocenters. The van der Waals surface area contributed by atoms with Crippen LogP contribution in [-0.4, -0.2) is 0 Å². The highest BCUT2D eigenvalue weighted by Crippen LogP contribution is 2.42. The van der Waals surface area contributed by atoms with E-state index in [9.17, 15) is 0 Å². The molecule has 0 aliphatic heterocycles. The molecule has 2 aromatic carbocycles. The van der Waals surface area contributed by atoms with Crippen molar-refractivity contribution in [3.63, 3.8) is 0 Å². The van der Waals surface area contributed by atoms with E-state index >= 15 is 0 Å². The van der Waals surface area contributed by atoms with E-state index in [1.807, 2.05) is 12.1 Å². The zero-order valence-electron chi connectivity index (χ0n) is 10.9. The molecule has 0 atom stereocenters. The number of halogens is 7. The molecule has 0 saturated carbocycles. The molecule has 22 heavy (non-hydrogen) atoms. The molecule has 0 fully saturated rings. The highest BCUT2D eigenvalue weighted by Gasteiger charge is 2.19. The number of rotatable bonds is 3. The molecule has 118 valence electrons. The van der Waals surface area contributed by atoms with Crippen LogP contribution in [0.15, 0.2) is 25.6 Å². The third-order valence-electron chi connectivity index (χ3n) is 2.90. The van der Waals surface area contributed by atoms with Gasteiger partial charge < -0.3 is 4.74 Å². The number of ether oxygens (including phenoxy) is 1. The Kier molecular flexibility index (Phi) is 6.81. The van der Waals surface area contributed by atoms with Gasteiger partial charge in [-0.1, -0.05) is 62.3 Å². The molecule has 2 rings (SSSR count). The van der Waals surface area contributed by atoms with Gasteiger partial charge in [0.05, 0.1) is 29.0 Å². The zero-order chi connectivity index (χ0) is 16.6. The van der Waals surface area contributed by atoms with Crippen LogP contribution in [0.25, 0.3) is 0 Å². The third kappa shape index (κ3) is 3.90. The summed E-state index contributed by atoms with van der Waals surface area (Å²) < 4.78 is 8.30. The Morgan fingerprint density at radius 1 is 0.864 bits per heavy atom. The first-order chi connectivity index (χ1) is 10.2. The van der Waals surface area contributed by atoms with Gasteiger partial charge in [-0.05, 0) is 56.5 Å². The summed E-state index contributed by atoms with van der Waals surface area (Å²) in [7, 11) is 0. The highest BCUT2D eigenvalue weighted by molar-refractivity contribution is 9.11. The van der Waals surface area contributed by atoms with E-state index in [0.717, 1.165) is 13.4 Å². The fourth-order valence-corrected chi connectivity index (χ4v) is 5.31. The Morgan fingerprint density at radius 2 is 1.32 bits per heavy atom. The van der Waals surface area contributed by atoms with Crippen LogP contribution in [0.4, 0.5) is 0 Å². The van der Waals surface area contributed by atoms with Gasteiger partial charge in [0.15, 0.2) is 0 Å². The molecule has 1 nitrogen and oxygen atoms in total. The second kappa shape index (κ2) is 7.81. The fourth-order valence-electron chi connectivity index (χ4n) is 1.72. The summed E-state index contributed by atoms with van der Waals surface area (Å²) in [4.78, 5) is 0. The van der Waals surface area contributed by atoms with Crippen molar-refractivity contribution >= 4 is 94.2 Å². The SMILES string of the molecule is Cc1c(Cl)c(Cl)c(COc2c(Br)cc(Br)cc2Br)c(Cl)c1Cl. The number of hydrogen-bond acceptors (Lipinski definition) is 1. The molecule has 0 amide bonds. The van der Waals surface area contributed by atoms with Gasteiger partial charge in [-0.25, -0.2) is 0 Å². The first-order valence-corrected chi connectivity index (χ1v) is 9.71. The van der Waals surface area contributed by atoms with Crippen molar-refractivity contribution in [2.75, 3.05) is 0 Å². The van der Waals surface area contributed by atoms with Gasteiger partial charge in [0, 0.05) is 10.0 Å². The lowest BCUT2D eigenvalue weighted by Crippen LogP contribution is -2.01. The molecule has 0 spiro atoms. The summed E-state index contributed by atoms with van der Waals surface area (Å²) in [5.74, 6) is 0.628. The van der Waals surface area contributed by atoms with Crippen molar-refractivity contribution in [1.82, 2.24) is 0 Å². The highest BCUT2D eigenvalue weighted by atomic mass is 79.9. The summed E-state index contributed by atoms with van der Waals surface area (Å²) in [6.07, 6.45) is 0. The zero-order valence-corrected chi connectivity index (χ0v) is 18.7. The van der Waals surface area contributed by atoms with Crippen molar-refractivity contribution in [3.05, 3.63) is 56.8 Å². The minimum absolute atomic E-state index is 0.135. The van der Waals surface area contributed by atoms with Crippen molar-refractivity contribution in [2.24, 2.45) is 0 Å². The van der Waals surface area contributed by atoms with E-state index in [0.29, 0.717) is 37.0 Å². The molecule has 0 saturated heterocycles. The molecular formula is C14H7Br3Cl4O. The summed E-state index contributed by atoms with van der Waals surface area (Å²) in [6, 6.07) is 3.75. The van der Waals surface area contributed by atoms with Gasteiger partial charge in [0.25, 0.3) is 0 Å². The van der Waals surface area contributed by atoms with Crippen molar-refractivity contribution in [2.45, 2.75) is 13.5 Å². The molecule has 0 aliphatic carbocycles. The Labute approximate surface area is 173 Å². The first-order valence-electron chi connectivity index (χ1n) is 5.82. The van der Waals surface area contributed by atoms with Gasteiger partial charge in [0.2, 0.25) is 0 Å². The largest absolute Gasteiger partial charge is 0.486 e. The predicted octanol–water partition coefficient (Wildman–Crippen LogP) is 8.48. The van der Waals surface area contributed by atoms with E-state index in [2.05, 4.69) is 47.8 Å². The second-order valence-electron chi connectivity index (χ2n) is 4.35. The standard InChI is InChI=1S/C14H7Br3Cl4O/c1-5-10(18)12(20)7(13(21)11(5)19)4-22-14-8(16)2-6(15)3-9(14)17/h2-3H,4H2,1H3. The Bertz CT molecular complexity index is 697. The van der Waals surface area contributed by atoms with Crippen LogP contribution in [0.2, 0.25) is 20.1 Å². The Morgan fingerprint density at radius 3 is 1.77 bits per heavy atom. The maximum absolute atomic E-state index is 6.26. The summed E-state index contributed by atoms with van der Waals surface area (Å²) in [5.41, 5.74) is 1.19. The van der Waals surface area contributed by atoms with Crippen LogP contribution in [-0.2, 0) is 6.61 Å². The van der Waals surface area contributed by atoms with E-state index < -0.39 is 0 Å². The normalized spacial score (nSPS) is 10.9. The molecule has 2 aromatic rings. The average molecular weight is 573 g/mol. The van der Waals surface area contributed by atoms with Gasteiger partial charge in [0.1, 0.15) is 12.4 Å². The fraction of sp³-hybridized carbons (Fsp3) is 0.143. The molecule has 0 N–H and O–H groups in total. The minimum atomic E-state index is 0.135. The van der Waals surface area contributed by atoms with E-state index in [-0.39, 0.29) is 6.61 Å². The van der Waals surface area contributed by atoms with Crippen LogP contribution in [0, 0.1) is 6.92 Å². The molecular weight excluding hydrogens is 566 g/mol. The lowest BCUT2D eigenvalue weighted by atomic mass is 10.1. The van der Waals surface area contributed by atoms with E-state index in [1.54, 1.807) is 6.92 Å². The molecule has 0 radical (unpaired) electrons. The Hall–Kier alpha value is 0.840. The molecule has 0 aliphatic rings. The topological polar surface area (TPSA) is 9.23 Å². The summed E-state index contributed by atoms with van der Waals surface area (Å²) >= 11 is 35.2. The van der Waals surface area contributed by atoms with Gasteiger partial charge in [-0.2, -0.15) is 0 Å². The van der Waals surface area contributed by atoms with Crippen molar-refractivity contribution in [1.29, 1.82) is 0 Å². The van der Waals surface area contributed by atoms with Crippen molar-refractivity contribution < 1.29 is 4.74 Å². The van der Waals surface area contributed by atoms with Crippen LogP contribution in [0.3, 0.4) is 0 Å². The summed E-state index contributed by atoms with van der Waals surface area (Å²) in [5, 5.41) is 1.45. The quantitative estimate of drug-likeness (QED) is 0.335. The van der Waals surface area contributed by atoms with E-state index in [1.165, 1.54) is 0 Å². The van der Waals surface area contributed by atoms with Crippen LogP contribution in [0.5, 0.6) is 5.75 Å². The molecule has 8 heteroatoms. The maximum Gasteiger partial charge on any atom is 0.148 e. The van der Waals surface area contributed by atoms with Crippen molar-refractivity contribution in [3.8, 4) is 5.75 Å². The van der Waals surface area contributed by atoms with Gasteiger partial charge in [-0.3, -0.25) is 0 Å². The maximum atomic E-state index is 6.26. The lowest BCUT2D eigenvalue weighted by molar-refractivity contribution is 0.302. The average Bonchev–Trinajstić information content (AvgIpc) is 2.45. The smallest absolute Gasteiger partial charge is 0.148 e. The van der Waals surface area contributed by atoms with Gasteiger partial charge >= 0.3 is 0 Å². The Balaban J connectivity index is 2.38. The molecule has 0 aromatic heterocycles. The van der Waals surface area contributed by atoms with Crippen LogP contribution < -0.4 is 4.74 Å². The van der Waals surface area contributed by atoms with Crippen LogP contribution in [0.1, 0.15) is 11.1 Å². The molecule has 0 bridgehead atoms. The lowest BCUT2D eigenvalue weighted by Gasteiger charge is -2.16. The summed E-state index contributed by atoms with van der Waals surface area (Å²) in [6.45, 7) is 1.89. The third-order valence-corrected chi connectivity index (χ3v) is 6.51. The second-order valence-corrected chi connectivity index (χ2v) is 8.48. The first kappa shape index (κ1) is 19.2. The monoisotopic (exact) mass is 568 g/mol. The van der Waals surface area contributed by atoms with E-state index in [4.69, 9.17) is 51.1 Å². The minimum Gasteiger partial charge on any atom is -0.486 e. The van der Waals surface area contributed by atoms with Gasteiger partial charge in [-0.15, -0.1) is 0 Å². The predicted molar refractivity (Wildman–Crippen MR) is 105 cm³/mol. The van der Waals surface area contributed by atoms with Crippen LogP contribution >= 0.6 is 94.2 Å².